The molecule has 0 spiro atoms. The molecule has 0 saturated heterocycles. The van der Waals surface area contributed by atoms with E-state index in [0.29, 0.717) is 6.54 Å². The third kappa shape index (κ3) is 3.73. The van der Waals surface area contributed by atoms with Gasteiger partial charge < -0.3 is 4.98 Å². The Labute approximate surface area is 205 Å². The van der Waals surface area contributed by atoms with Gasteiger partial charge in [0.1, 0.15) is 4.70 Å². The second-order valence-electron chi connectivity index (χ2n) is 8.45. The van der Waals surface area contributed by atoms with E-state index < -0.39 is 0 Å². The lowest BCUT2D eigenvalue weighted by Gasteiger charge is -2.13. The van der Waals surface area contributed by atoms with E-state index in [4.69, 9.17) is 4.98 Å². The van der Waals surface area contributed by atoms with Crippen molar-refractivity contribution in [2.45, 2.75) is 30.8 Å². The predicted molar refractivity (Wildman–Crippen MR) is 144 cm³/mol. The van der Waals surface area contributed by atoms with Gasteiger partial charge in [-0.15, -0.1) is 11.3 Å². The highest BCUT2D eigenvalue weighted by molar-refractivity contribution is 7.98. The number of fused-ring (bicyclic) bond motifs is 4. The highest BCUT2D eigenvalue weighted by Gasteiger charge is 2.17. The maximum atomic E-state index is 13.7. The number of aryl methyl sites for hydroxylation is 2. The number of benzene rings is 3. The summed E-state index contributed by atoms with van der Waals surface area (Å²) in [6.07, 6.45) is 2.82. The van der Waals surface area contributed by atoms with Crippen LogP contribution in [0.25, 0.3) is 31.2 Å². The normalized spacial score (nSPS) is 11.7. The number of aromatic amines is 1. The number of H-pyrrole nitrogens is 1. The molecule has 0 aliphatic heterocycles. The maximum absolute atomic E-state index is 13.7. The number of thioether (sulfide) groups is 1. The Morgan fingerprint density at radius 2 is 1.71 bits per heavy atom. The Morgan fingerprint density at radius 3 is 2.59 bits per heavy atom. The molecule has 0 radical (unpaired) electrons. The number of hydrogen-bond donors (Lipinski definition) is 1. The van der Waals surface area contributed by atoms with Gasteiger partial charge in [0.15, 0.2) is 5.16 Å². The second kappa shape index (κ2) is 8.78. The third-order valence-corrected chi connectivity index (χ3v) is 8.52. The van der Waals surface area contributed by atoms with Crippen LogP contribution in [0.1, 0.15) is 16.7 Å². The largest absolute Gasteiger partial charge is 0.361 e. The van der Waals surface area contributed by atoms with Crippen molar-refractivity contribution in [3.8, 4) is 0 Å². The summed E-state index contributed by atoms with van der Waals surface area (Å²) in [5, 5.41) is 3.05. The van der Waals surface area contributed by atoms with Gasteiger partial charge in [0.05, 0.1) is 5.52 Å². The van der Waals surface area contributed by atoms with Crippen LogP contribution in [-0.2, 0) is 18.7 Å². The molecule has 0 saturated carbocycles. The molecule has 168 valence electrons. The fourth-order valence-corrected chi connectivity index (χ4v) is 6.63. The highest BCUT2D eigenvalue weighted by atomic mass is 32.2. The molecule has 34 heavy (non-hydrogen) atoms. The Morgan fingerprint density at radius 1 is 0.941 bits per heavy atom. The number of para-hydroxylation sites is 1. The molecule has 4 nitrogen and oxygen atoms in total. The molecule has 0 fully saturated rings. The molecule has 6 rings (SSSR count). The summed E-state index contributed by atoms with van der Waals surface area (Å²) in [5.41, 5.74) is 5.73. The SMILES string of the molecule is Cc1ccccc1CSc1nc2c(sc3ccccc32)c(=O)n1CCc1c[nH]c2ccccc12. The van der Waals surface area contributed by atoms with Gasteiger partial charge in [0, 0.05) is 39.5 Å². The quantitative estimate of drug-likeness (QED) is 0.207. The van der Waals surface area contributed by atoms with E-state index in [0.717, 1.165) is 43.1 Å². The number of hydrogen-bond acceptors (Lipinski definition) is 4. The monoisotopic (exact) mass is 481 g/mol. The molecule has 3 aromatic carbocycles. The summed E-state index contributed by atoms with van der Waals surface area (Å²) in [6, 6.07) is 24.9. The fraction of sp³-hybridized carbons (Fsp3) is 0.143. The van der Waals surface area contributed by atoms with E-state index in [9.17, 15) is 4.79 Å². The molecule has 0 amide bonds. The minimum atomic E-state index is 0.0540. The smallest absolute Gasteiger partial charge is 0.272 e. The van der Waals surface area contributed by atoms with Crippen molar-refractivity contribution in [2.75, 3.05) is 0 Å². The first-order chi connectivity index (χ1) is 16.7. The third-order valence-electron chi connectivity index (χ3n) is 6.34. The van der Waals surface area contributed by atoms with E-state index in [1.54, 1.807) is 23.1 Å². The van der Waals surface area contributed by atoms with Crippen molar-refractivity contribution in [3.05, 3.63) is 106 Å². The van der Waals surface area contributed by atoms with Crippen LogP contribution in [0.2, 0.25) is 0 Å². The lowest BCUT2D eigenvalue weighted by Crippen LogP contribution is -2.23. The fourth-order valence-electron chi connectivity index (χ4n) is 4.45. The molecule has 0 aliphatic carbocycles. The Bertz CT molecular complexity index is 1710. The van der Waals surface area contributed by atoms with Crippen LogP contribution in [0.15, 0.2) is 88.9 Å². The van der Waals surface area contributed by atoms with Gasteiger partial charge in [0.25, 0.3) is 5.56 Å². The van der Waals surface area contributed by atoms with Gasteiger partial charge in [0.2, 0.25) is 0 Å². The minimum Gasteiger partial charge on any atom is -0.361 e. The first-order valence-corrected chi connectivity index (χ1v) is 13.1. The number of aromatic nitrogens is 3. The molecule has 1 N–H and O–H groups in total. The minimum absolute atomic E-state index is 0.0540. The van der Waals surface area contributed by atoms with E-state index in [2.05, 4.69) is 72.7 Å². The zero-order valence-electron chi connectivity index (χ0n) is 18.7. The topological polar surface area (TPSA) is 50.7 Å². The van der Waals surface area contributed by atoms with Crippen LogP contribution in [-0.4, -0.2) is 14.5 Å². The Kier molecular flexibility index (Phi) is 5.47. The summed E-state index contributed by atoms with van der Waals surface area (Å²) >= 11 is 3.19. The lowest BCUT2D eigenvalue weighted by molar-refractivity contribution is 0.598. The van der Waals surface area contributed by atoms with Crippen molar-refractivity contribution >= 4 is 54.3 Å². The number of nitrogens with zero attached hydrogens (tertiary/aromatic N) is 2. The first kappa shape index (κ1) is 21.2. The van der Waals surface area contributed by atoms with Crippen molar-refractivity contribution in [1.82, 2.24) is 14.5 Å². The summed E-state index contributed by atoms with van der Waals surface area (Å²) < 4.78 is 3.72. The van der Waals surface area contributed by atoms with Gasteiger partial charge in [-0.1, -0.05) is 72.4 Å². The zero-order chi connectivity index (χ0) is 23.1. The van der Waals surface area contributed by atoms with Gasteiger partial charge in [-0.25, -0.2) is 4.98 Å². The average Bonchev–Trinajstić information content (AvgIpc) is 3.45. The van der Waals surface area contributed by atoms with Crippen LogP contribution in [0.3, 0.4) is 0 Å². The van der Waals surface area contributed by atoms with Crippen LogP contribution in [0.5, 0.6) is 0 Å². The Hall–Kier alpha value is -3.35. The predicted octanol–water partition coefficient (Wildman–Crippen LogP) is 6.94. The van der Waals surface area contributed by atoms with Gasteiger partial charge in [-0.3, -0.25) is 9.36 Å². The van der Waals surface area contributed by atoms with E-state index in [-0.39, 0.29) is 5.56 Å². The average molecular weight is 482 g/mol. The summed E-state index contributed by atoms with van der Waals surface area (Å²) in [7, 11) is 0. The maximum Gasteiger partial charge on any atom is 0.272 e. The second-order valence-corrected chi connectivity index (χ2v) is 10.4. The zero-order valence-corrected chi connectivity index (χ0v) is 20.4. The number of rotatable bonds is 6. The van der Waals surface area contributed by atoms with E-state index in [1.807, 2.05) is 22.8 Å². The number of thiophene rings is 1. The number of nitrogens with one attached hydrogen (secondary N) is 1. The van der Waals surface area contributed by atoms with Crippen LogP contribution < -0.4 is 5.56 Å². The highest BCUT2D eigenvalue weighted by Crippen LogP contribution is 2.33. The molecule has 6 heteroatoms. The summed E-state index contributed by atoms with van der Waals surface area (Å²) in [6.45, 7) is 2.72. The summed E-state index contributed by atoms with van der Waals surface area (Å²) in [5.74, 6) is 0.778. The van der Waals surface area contributed by atoms with E-state index >= 15 is 0 Å². The van der Waals surface area contributed by atoms with Gasteiger partial charge in [-0.2, -0.15) is 0 Å². The standard InChI is InChI=1S/C28H23N3OS2/c1-18-8-2-3-9-20(18)17-33-28-30-25-22-11-5-7-13-24(22)34-26(25)27(32)31(28)15-14-19-16-29-23-12-6-4-10-21(19)23/h2-13,16,29H,14-15,17H2,1H3. The van der Waals surface area contributed by atoms with Crippen molar-refractivity contribution in [3.63, 3.8) is 0 Å². The van der Waals surface area contributed by atoms with Crippen molar-refractivity contribution in [1.29, 1.82) is 0 Å². The molecule has 0 unspecified atom stereocenters. The van der Waals surface area contributed by atoms with Crippen LogP contribution in [0, 0.1) is 6.92 Å². The molecule has 3 heterocycles. The van der Waals surface area contributed by atoms with Crippen LogP contribution in [0.4, 0.5) is 0 Å². The Balaban J connectivity index is 1.43. The summed E-state index contributed by atoms with van der Waals surface area (Å²) in [4.78, 5) is 22.1. The first-order valence-electron chi connectivity index (χ1n) is 11.3. The molecule has 0 atom stereocenters. The van der Waals surface area contributed by atoms with Crippen molar-refractivity contribution < 1.29 is 0 Å². The molecule has 3 aromatic heterocycles. The molecule has 6 aromatic rings. The van der Waals surface area contributed by atoms with Crippen molar-refractivity contribution in [2.24, 2.45) is 0 Å². The van der Waals surface area contributed by atoms with E-state index in [1.165, 1.54) is 22.1 Å². The molecular weight excluding hydrogens is 458 g/mol. The molecule has 0 bridgehead atoms. The lowest BCUT2D eigenvalue weighted by atomic mass is 10.1. The molecule has 0 aliphatic rings. The molecular formula is C28H23N3OS2. The van der Waals surface area contributed by atoms with Gasteiger partial charge in [-0.05, 0) is 42.2 Å². The van der Waals surface area contributed by atoms with Gasteiger partial charge >= 0.3 is 0 Å². The van der Waals surface area contributed by atoms with Crippen LogP contribution >= 0.6 is 23.1 Å².